The van der Waals surface area contributed by atoms with E-state index in [0.29, 0.717) is 5.84 Å². The van der Waals surface area contributed by atoms with E-state index < -0.39 is 0 Å². The lowest BCUT2D eigenvalue weighted by Gasteiger charge is -2.29. The summed E-state index contributed by atoms with van der Waals surface area (Å²) in [5.41, 5.74) is -0.0642. The molecule has 0 aromatic heterocycles. The van der Waals surface area contributed by atoms with Gasteiger partial charge in [-0.2, -0.15) is 0 Å². The molecule has 0 aliphatic heterocycles. The summed E-state index contributed by atoms with van der Waals surface area (Å²) in [4.78, 5) is 1.98. The average molecular weight is 212 g/mol. The minimum Gasteiger partial charge on any atom is -0.379 e. The molecule has 3 heteroatoms. The fraction of sp³-hybridized carbons (Fsp3) is 0.917. The summed E-state index contributed by atoms with van der Waals surface area (Å²) in [6.45, 7) is 8.68. The van der Waals surface area contributed by atoms with Crippen molar-refractivity contribution in [1.29, 1.82) is 5.41 Å². The van der Waals surface area contributed by atoms with E-state index in [9.17, 15) is 0 Å². The summed E-state index contributed by atoms with van der Waals surface area (Å²) in [7, 11) is 1.97. The predicted molar refractivity (Wildman–Crippen MR) is 63.4 cm³/mol. The van der Waals surface area contributed by atoms with Crippen molar-refractivity contribution in [3.05, 3.63) is 0 Å². The topological polar surface area (TPSA) is 36.3 Å². The van der Waals surface area contributed by atoms with Crippen LogP contribution < -0.4 is 0 Å². The van der Waals surface area contributed by atoms with Gasteiger partial charge in [-0.05, 0) is 18.8 Å². The average Bonchev–Trinajstić information content (AvgIpc) is 2.93. The Morgan fingerprint density at radius 3 is 2.47 bits per heavy atom. The van der Waals surface area contributed by atoms with E-state index in [1.807, 2.05) is 11.9 Å². The van der Waals surface area contributed by atoms with E-state index in [1.54, 1.807) is 0 Å². The first kappa shape index (κ1) is 12.5. The number of likely N-dealkylation sites (N-methyl/N-ethyl adjacent to an activating group) is 1. The van der Waals surface area contributed by atoms with Crippen LogP contribution in [0.4, 0.5) is 0 Å². The van der Waals surface area contributed by atoms with Crippen molar-refractivity contribution in [3.8, 4) is 0 Å². The van der Waals surface area contributed by atoms with Crippen LogP contribution in [0.2, 0.25) is 0 Å². The van der Waals surface area contributed by atoms with Gasteiger partial charge in [-0.25, -0.2) is 0 Å². The zero-order valence-corrected chi connectivity index (χ0v) is 10.5. The second-order valence-corrected chi connectivity index (χ2v) is 5.54. The van der Waals surface area contributed by atoms with Crippen LogP contribution in [0.5, 0.6) is 0 Å². The molecule has 1 N–H and O–H groups in total. The van der Waals surface area contributed by atoms with Crippen molar-refractivity contribution in [1.82, 2.24) is 4.90 Å². The number of rotatable bonds is 5. The second-order valence-electron chi connectivity index (χ2n) is 5.54. The van der Waals surface area contributed by atoms with Crippen LogP contribution in [0.3, 0.4) is 0 Å². The fourth-order valence-electron chi connectivity index (χ4n) is 1.42. The SMILES string of the molecule is CN(CCOCC1CC1)C(=N)C(C)(C)C. The van der Waals surface area contributed by atoms with Gasteiger partial charge in [0.25, 0.3) is 0 Å². The molecule has 0 aromatic rings. The molecule has 0 heterocycles. The molecule has 3 nitrogen and oxygen atoms in total. The number of amidine groups is 1. The van der Waals surface area contributed by atoms with Gasteiger partial charge in [0.2, 0.25) is 0 Å². The molecule has 1 rings (SSSR count). The minimum absolute atomic E-state index is 0.0642. The standard InChI is InChI=1S/C12H24N2O/c1-12(2,3)11(13)14(4)7-8-15-9-10-5-6-10/h10,13H,5-9H2,1-4H3. The van der Waals surface area contributed by atoms with Gasteiger partial charge in [-0.15, -0.1) is 0 Å². The first-order valence-electron chi connectivity index (χ1n) is 5.79. The van der Waals surface area contributed by atoms with Gasteiger partial charge in [0, 0.05) is 25.6 Å². The van der Waals surface area contributed by atoms with E-state index in [-0.39, 0.29) is 5.41 Å². The largest absolute Gasteiger partial charge is 0.379 e. The van der Waals surface area contributed by atoms with E-state index in [4.69, 9.17) is 10.1 Å². The molecule has 1 fully saturated rings. The normalized spacial score (nSPS) is 16.5. The predicted octanol–water partition coefficient (Wildman–Crippen LogP) is 2.37. The number of hydrogen-bond donors (Lipinski definition) is 1. The lowest BCUT2D eigenvalue weighted by molar-refractivity contribution is 0.114. The molecule has 0 atom stereocenters. The fourth-order valence-corrected chi connectivity index (χ4v) is 1.42. The Morgan fingerprint density at radius 1 is 1.40 bits per heavy atom. The van der Waals surface area contributed by atoms with Crippen LogP contribution >= 0.6 is 0 Å². The van der Waals surface area contributed by atoms with Gasteiger partial charge in [0.05, 0.1) is 6.61 Å². The summed E-state index contributed by atoms with van der Waals surface area (Å²) in [6, 6.07) is 0. The molecule has 0 bridgehead atoms. The van der Waals surface area contributed by atoms with Gasteiger partial charge in [0.1, 0.15) is 5.84 Å². The maximum atomic E-state index is 7.95. The summed E-state index contributed by atoms with van der Waals surface area (Å²) < 4.78 is 5.55. The number of nitrogens with one attached hydrogen (secondary N) is 1. The number of ether oxygens (including phenoxy) is 1. The van der Waals surface area contributed by atoms with Gasteiger partial charge in [-0.1, -0.05) is 20.8 Å². The zero-order valence-electron chi connectivity index (χ0n) is 10.5. The summed E-state index contributed by atoms with van der Waals surface area (Å²) >= 11 is 0. The lowest BCUT2D eigenvalue weighted by Crippen LogP contribution is -2.38. The first-order chi connectivity index (χ1) is 6.91. The summed E-state index contributed by atoms with van der Waals surface area (Å²) in [5, 5.41) is 7.95. The summed E-state index contributed by atoms with van der Waals surface area (Å²) in [5.74, 6) is 1.51. The Labute approximate surface area is 93.3 Å². The maximum Gasteiger partial charge on any atom is 0.101 e. The van der Waals surface area contributed by atoms with Gasteiger partial charge >= 0.3 is 0 Å². The van der Waals surface area contributed by atoms with Gasteiger partial charge in [-0.3, -0.25) is 5.41 Å². The van der Waals surface area contributed by atoms with Crippen molar-refractivity contribution in [3.63, 3.8) is 0 Å². The first-order valence-corrected chi connectivity index (χ1v) is 5.79. The summed E-state index contributed by atoms with van der Waals surface area (Å²) in [6.07, 6.45) is 2.68. The van der Waals surface area contributed by atoms with Crippen molar-refractivity contribution in [2.75, 3.05) is 26.8 Å². The molecule has 0 radical (unpaired) electrons. The highest BCUT2D eigenvalue weighted by molar-refractivity contribution is 5.83. The molecule has 0 saturated heterocycles. The molecule has 0 spiro atoms. The van der Waals surface area contributed by atoms with Crippen LogP contribution in [0.1, 0.15) is 33.6 Å². The van der Waals surface area contributed by atoms with Gasteiger partial charge in [0.15, 0.2) is 0 Å². The molecular weight excluding hydrogens is 188 g/mol. The van der Waals surface area contributed by atoms with Crippen molar-refractivity contribution in [2.45, 2.75) is 33.6 Å². The third kappa shape index (κ3) is 4.65. The molecule has 1 saturated carbocycles. The quantitative estimate of drug-likeness (QED) is 0.431. The highest BCUT2D eigenvalue weighted by Gasteiger charge is 2.22. The van der Waals surface area contributed by atoms with Crippen LogP contribution in [0.25, 0.3) is 0 Å². The van der Waals surface area contributed by atoms with E-state index in [2.05, 4.69) is 20.8 Å². The Kier molecular flexibility index (Phi) is 4.14. The van der Waals surface area contributed by atoms with Crippen LogP contribution in [-0.4, -0.2) is 37.5 Å². The third-order valence-corrected chi connectivity index (χ3v) is 2.71. The van der Waals surface area contributed by atoms with Crippen molar-refractivity contribution >= 4 is 5.84 Å². The van der Waals surface area contributed by atoms with E-state index in [1.165, 1.54) is 12.8 Å². The zero-order chi connectivity index (χ0) is 11.5. The van der Waals surface area contributed by atoms with Gasteiger partial charge < -0.3 is 9.64 Å². The minimum atomic E-state index is -0.0642. The maximum absolute atomic E-state index is 7.95. The monoisotopic (exact) mass is 212 g/mol. The molecular formula is C12H24N2O. The van der Waals surface area contributed by atoms with Crippen LogP contribution in [0, 0.1) is 16.7 Å². The molecule has 0 unspecified atom stereocenters. The van der Waals surface area contributed by atoms with Crippen LogP contribution in [-0.2, 0) is 4.74 Å². The molecule has 88 valence electrons. The Morgan fingerprint density at radius 2 is 2.00 bits per heavy atom. The molecule has 0 aromatic carbocycles. The smallest absolute Gasteiger partial charge is 0.101 e. The van der Waals surface area contributed by atoms with Crippen molar-refractivity contribution in [2.24, 2.45) is 11.3 Å². The number of nitrogens with zero attached hydrogens (tertiary/aromatic N) is 1. The van der Waals surface area contributed by atoms with Crippen molar-refractivity contribution < 1.29 is 4.74 Å². The second kappa shape index (κ2) is 4.97. The molecule has 0 amide bonds. The highest BCUT2D eigenvalue weighted by atomic mass is 16.5. The van der Waals surface area contributed by atoms with E-state index >= 15 is 0 Å². The Bertz CT molecular complexity index is 216. The molecule has 1 aliphatic carbocycles. The molecule has 15 heavy (non-hydrogen) atoms. The molecule has 1 aliphatic rings. The van der Waals surface area contributed by atoms with E-state index in [0.717, 1.165) is 25.7 Å². The third-order valence-electron chi connectivity index (χ3n) is 2.71. The van der Waals surface area contributed by atoms with Crippen LogP contribution in [0.15, 0.2) is 0 Å². The Balaban J connectivity index is 2.11. The highest BCUT2D eigenvalue weighted by Crippen LogP contribution is 2.28. The lowest BCUT2D eigenvalue weighted by atomic mass is 9.94. The number of hydrogen-bond acceptors (Lipinski definition) is 2. The Hall–Kier alpha value is -0.570.